The molecular weight excluding hydrogens is 367 g/mol. The highest BCUT2D eigenvalue weighted by atomic mass is 127. The number of hydrogen-bond acceptors (Lipinski definition) is 2. The molecule has 0 atom stereocenters. The average molecular weight is 396 g/mol. The van der Waals surface area contributed by atoms with Gasteiger partial charge in [0.2, 0.25) is 5.91 Å². The number of amides is 1. The summed E-state index contributed by atoms with van der Waals surface area (Å²) in [7, 11) is 0. The molecule has 1 rings (SSSR count). The van der Waals surface area contributed by atoms with E-state index in [0.29, 0.717) is 13.1 Å². The number of rotatable bonds is 4. The van der Waals surface area contributed by atoms with Gasteiger partial charge in [0, 0.05) is 31.6 Å². The molecule has 0 aromatic carbocycles. The van der Waals surface area contributed by atoms with Gasteiger partial charge in [0.25, 0.3) is 0 Å². The number of nitrogens with one attached hydrogen (secondary N) is 2. The molecule has 0 aromatic rings. The molecule has 1 heterocycles. The third kappa shape index (κ3) is 6.76. The first kappa shape index (κ1) is 19.5. The molecule has 20 heavy (non-hydrogen) atoms. The minimum atomic E-state index is -0.330. The van der Waals surface area contributed by atoms with Crippen LogP contribution in [-0.2, 0) is 4.79 Å². The number of halogens is 1. The molecule has 1 aliphatic rings. The summed E-state index contributed by atoms with van der Waals surface area (Å²) in [5.74, 6) is 1.05. The Morgan fingerprint density at radius 2 is 1.80 bits per heavy atom. The number of carbonyl (C=O) groups is 1. The van der Waals surface area contributed by atoms with Crippen LogP contribution in [-0.4, -0.2) is 49.5 Å². The van der Waals surface area contributed by atoms with Crippen molar-refractivity contribution >= 4 is 35.8 Å². The second-order valence-electron chi connectivity index (χ2n) is 5.94. The van der Waals surface area contributed by atoms with Crippen LogP contribution in [0.15, 0.2) is 4.99 Å². The molecule has 118 valence electrons. The summed E-state index contributed by atoms with van der Waals surface area (Å²) >= 11 is 0. The van der Waals surface area contributed by atoms with E-state index in [0.717, 1.165) is 25.6 Å². The molecule has 1 fully saturated rings. The van der Waals surface area contributed by atoms with E-state index in [1.165, 1.54) is 12.8 Å². The fourth-order valence-electron chi connectivity index (χ4n) is 1.95. The topological polar surface area (TPSA) is 56.7 Å². The van der Waals surface area contributed by atoms with Gasteiger partial charge in [-0.25, -0.2) is 0 Å². The zero-order valence-corrected chi connectivity index (χ0v) is 15.5. The van der Waals surface area contributed by atoms with Crippen molar-refractivity contribution in [2.75, 3.05) is 32.7 Å². The third-order valence-electron chi connectivity index (χ3n) is 3.08. The maximum absolute atomic E-state index is 11.7. The third-order valence-corrected chi connectivity index (χ3v) is 3.08. The van der Waals surface area contributed by atoms with Gasteiger partial charge in [-0.1, -0.05) is 20.8 Å². The van der Waals surface area contributed by atoms with Crippen LogP contribution in [0, 0.1) is 5.41 Å². The van der Waals surface area contributed by atoms with Crippen LogP contribution in [0.5, 0.6) is 0 Å². The molecule has 0 spiro atoms. The van der Waals surface area contributed by atoms with Crippen LogP contribution in [0.25, 0.3) is 0 Å². The lowest BCUT2D eigenvalue weighted by Gasteiger charge is -2.21. The summed E-state index contributed by atoms with van der Waals surface area (Å²) in [6.45, 7) is 12.1. The van der Waals surface area contributed by atoms with Crippen molar-refractivity contribution in [2.45, 2.75) is 40.5 Å². The molecule has 1 saturated heterocycles. The van der Waals surface area contributed by atoms with Gasteiger partial charge in [0.15, 0.2) is 5.96 Å². The summed E-state index contributed by atoms with van der Waals surface area (Å²) in [5, 5.41) is 6.22. The van der Waals surface area contributed by atoms with Crippen molar-refractivity contribution in [1.29, 1.82) is 0 Å². The minimum absolute atomic E-state index is 0. The van der Waals surface area contributed by atoms with Gasteiger partial charge in [-0.15, -0.1) is 24.0 Å². The molecule has 6 heteroatoms. The number of carbonyl (C=O) groups excluding carboxylic acids is 1. The molecule has 0 saturated carbocycles. The van der Waals surface area contributed by atoms with Gasteiger partial charge in [0.05, 0.1) is 6.54 Å². The van der Waals surface area contributed by atoms with Gasteiger partial charge in [-0.2, -0.15) is 0 Å². The van der Waals surface area contributed by atoms with E-state index in [-0.39, 0.29) is 35.3 Å². The molecule has 0 aliphatic carbocycles. The number of guanidine groups is 1. The predicted molar refractivity (Wildman–Crippen MR) is 94.7 cm³/mol. The molecule has 0 bridgehead atoms. The van der Waals surface area contributed by atoms with E-state index >= 15 is 0 Å². The Morgan fingerprint density at radius 1 is 1.20 bits per heavy atom. The summed E-state index contributed by atoms with van der Waals surface area (Å²) in [6.07, 6.45) is 2.48. The zero-order chi connectivity index (χ0) is 14.3. The van der Waals surface area contributed by atoms with Gasteiger partial charge >= 0.3 is 0 Å². The van der Waals surface area contributed by atoms with Crippen molar-refractivity contribution in [3.63, 3.8) is 0 Å². The molecule has 0 radical (unpaired) electrons. The normalized spacial score (nSPS) is 15.8. The predicted octanol–water partition coefficient (Wildman–Crippen LogP) is 1.83. The Kier molecular flexibility index (Phi) is 9.16. The van der Waals surface area contributed by atoms with Crippen LogP contribution in [0.2, 0.25) is 0 Å². The lowest BCUT2D eigenvalue weighted by atomic mass is 9.96. The van der Waals surface area contributed by atoms with Crippen molar-refractivity contribution in [1.82, 2.24) is 15.5 Å². The smallest absolute Gasteiger partial charge is 0.225 e. The van der Waals surface area contributed by atoms with Gasteiger partial charge in [0.1, 0.15) is 0 Å². The first-order valence-corrected chi connectivity index (χ1v) is 7.26. The largest absolute Gasteiger partial charge is 0.357 e. The highest BCUT2D eigenvalue weighted by Crippen LogP contribution is 2.12. The molecule has 0 aromatic heterocycles. The Labute approximate surface area is 140 Å². The van der Waals surface area contributed by atoms with Crippen molar-refractivity contribution in [3.05, 3.63) is 0 Å². The number of hydrogen-bond donors (Lipinski definition) is 2. The standard InChI is InChI=1S/C14H28N4O.HI/c1-5-15-13(18-10-6-7-11-18)17-9-8-16-12(19)14(2,3)4;/h5-11H2,1-4H3,(H,15,17)(H,16,19);1H. The van der Waals surface area contributed by atoms with E-state index in [2.05, 4.69) is 27.4 Å². The van der Waals surface area contributed by atoms with Crippen LogP contribution >= 0.6 is 24.0 Å². The SMILES string of the molecule is CCNC(=NCCNC(=O)C(C)(C)C)N1CCCC1.I. The molecule has 1 aliphatic heterocycles. The summed E-state index contributed by atoms with van der Waals surface area (Å²) in [6, 6.07) is 0. The Bertz CT molecular complexity index is 320. The van der Waals surface area contributed by atoms with Crippen LogP contribution in [0.3, 0.4) is 0 Å². The van der Waals surface area contributed by atoms with E-state index in [4.69, 9.17) is 0 Å². The molecule has 1 amide bonds. The van der Waals surface area contributed by atoms with E-state index in [1.54, 1.807) is 0 Å². The second kappa shape index (κ2) is 9.41. The Balaban J connectivity index is 0.00000361. The number of nitrogens with zero attached hydrogens (tertiary/aromatic N) is 2. The molecule has 0 unspecified atom stereocenters. The molecule has 2 N–H and O–H groups in total. The van der Waals surface area contributed by atoms with Crippen LogP contribution in [0.1, 0.15) is 40.5 Å². The van der Waals surface area contributed by atoms with Gasteiger partial charge in [-0.3, -0.25) is 9.79 Å². The fraction of sp³-hybridized carbons (Fsp3) is 0.857. The van der Waals surface area contributed by atoms with Crippen LogP contribution in [0.4, 0.5) is 0 Å². The molecule has 5 nitrogen and oxygen atoms in total. The summed E-state index contributed by atoms with van der Waals surface area (Å²) in [4.78, 5) is 18.6. The van der Waals surface area contributed by atoms with Crippen molar-refractivity contribution < 1.29 is 4.79 Å². The van der Waals surface area contributed by atoms with Crippen molar-refractivity contribution in [3.8, 4) is 0 Å². The van der Waals surface area contributed by atoms with E-state index < -0.39 is 0 Å². The Hall–Kier alpha value is -0.530. The first-order valence-electron chi connectivity index (χ1n) is 7.26. The molecular formula is C14H29IN4O. The lowest BCUT2D eigenvalue weighted by Crippen LogP contribution is -2.40. The summed E-state index contributed by atoms with van der Waals surface area (Å²) < 4.78 is 0. The van der Waals surface area contributed by atoms with Crippen molar-refractivity contribution in [2.24, 2.45) is 10.4 Å². The summed E-state index contributed by atoms with van der Waals surface area (Å²) in [5.41, 5.74) is -0.330. The highest BCUT2D eigenvalue weighted by Gasteiger charge is 2.20. The second-order valence-corrected chi connectivity index (χ2v) is 5.94. The average Bonchev–Trinajstić information content (AvgIpc) is 2.85. The zero-order valence-electron chi connectivity index (χ0n) is 13.2. The maximum atomic E-state index is 11.7. The maximum Gasteiger partial charge on any atom is 0.225 e. The van der Waals surface area contributed by atoms with Gasteiger partial charge < -0.3 is 15.5 Å². The number of aliphatic imine (C=N–C) groups is 1. The minimum Gasteiger partial charge on any atom is -0.357 e. The first-order chi connectivity index (χ1) is 8.95. The quantitative estimate of drug-likeness (QED) is 0.330. The fourth-order valence-corrected chi connectivity index (χ4v) is 1.95. The monoisotopic (exact) mass is 396 g/mol. The van der Waals surface area contributed by atoms with Gasteiger partial charge in [-0.05, 0) is 19.8 Å². The number of likely N-dealkylation sites (tertiary alicyclic amines) is 1. The van der Waals surface area contributed by atoms with Crippen LogP contribution < -0.4 is 10.6 Å². The van der Waals surface area contributed by atoms with E-state index in [1.807, 2.05) is 20.8 Å². The Morgan fingerprint density at radius 3 is 2.30 bits per heavy atom. The lowest BCUT2D eigenvalue weighted by molar-refractivity contribution is -0.128. The van der Waals surface area contributed by atoms with E-state index in [9.17, 15) is 4.79 Å². The highest BCUT2D eigenvalue weighted by molar-refractivity contribution is 14.0.